The summed E-state index contributed by atoms with van der Waals surface area (Å²) >= 11 is 1.17. The van der Waals surface area contributed by atoms with Crippen LogP contribution in [-0.2, 0) is 23.9 Å². The molecule has 6 N–H and O–H groups in total. The molecule has 0 radical (unpaired) electrons. The van der Waals surface area contributed by atoms with Crippen molar-refractivity contribution in [3.8, 4) is 0 Å². The van der Waals surface area contributed by atoms with Gasteiger partial charge in [-0.15, -0.1) is 0 Å². The Hall–Kier alpha value is -3.09. The first-order chi connectivity index (χ1) is 19.7. The Bertz CT molecular complexity index is 1000. The molecule has 1 rings (SSSR count). The molecule has 1 heterocycles. The number of primary amides is 1. The minimum Gasteiger partial charge on any atom is -0.385 e. The molecule has 0 aromatic heterocycles. The molecule has 1 aliphatic heterocycles. The lowest BCUT2D eigenvalue weighted by molar-refractivity contribution is -0.133. The molecule has 0 saturated carbocycles. The number of hydrogen-bond acceptors (Lipinski definition) is 8. The van der Waals surface area contributed by atoms with Crippen molar-refractivity contribution in [3.63, 3.8) is 0 Å². The van der Waals surface area contributed by atoms with Crippen molar-refractivity contribution in [2.45, 2.75) is 111 Å². The second-order valence-corrected chi connectivity index (χ2v) is 12.4. The molecule has 238 valence electrons. The van der Waals surface area contributed by atoms with Crippen LogP contribution in [0.5, 0.6) is 0 Å². The van der Waals surface area contributed by atoms with Gasteiger partial charge in [0.15, 0.2) is 0 Å². The number of amides is 5. The van der Waals surface area contributed by atoms with Crippen molar-refractivity contribution in [2.24, 2.45) is 22.6 Å². The molecular formula is C29H50N6O6S. The monoisotopic (exact) mass is 610 g/mol. The molecule has 5 amide bonds. The molecule has 42 heavy (non-hydrogen) atoms. The SMILES string of the molecule is CC=C(C)CC(NC(=O)C(CC(C)CC)NC(=O)CNC(=O)CC1CSC(OC(N)=O)=N1)C(=O)NC(C)CCC(C)C. The third-order valence-corrected chi connectivity index (χ3v) is 7.93. The zero-order valence-corrected chi connectivity index (χ0v) is 26.9. The molecule has 0 bridgehead atoms. The Morgan fingerprint density at radius 3 is 2.29 bits per heavy atom. The van der Waals surface area contributed by atoms with Crippen molar-refractivity contribution in [1.82, 2.24) is 21.3 Å². The van der Waals surface area contributed by atoms with Gasteiger partial charge in [0.2, 0.25) is 23.6 Å². The standard InChI is InChI=1S/C29H50N6O6S/c1-8-18(5)12-22(34-25(37)15-31-24(36)14-21-16-42-29(33-21)41-28(30)40)27(39)35-23(13-19(6)9-2)26(38)32-20(7)11-10-17(3)4/h9,17-18,20-23H,8,10-16H2,1-7H3,(H2,30,40)(H,31,36)(H,32,38)(H,34,37)(H,35,39). The maximum Gasteiger partial charge on any atom is 0.411 e. The highest BCUT2D eigenvalue weighted by Crippen LogP contribution is 2.21. The van der Waals surface area contributed by atoms with E-state index < -0.39 is 41.9 Å². The van der Waals surface area contributed by atoms with Gasteiger partial charge in [0.1, 0.15) is 12.1 Å². The third-order valence-electron chi connectivity index (χ3n) is 6.95. The number of nitrogens with two attached hydrogens (primary N) is 1. The third kappa shape index (κ3) is 15.2. The Labute approximate surface area is 254 Å². The van der Waals surface area contributed by atoms with Crippen molar-refractivity contribution in [3.05, 3.63) is 11.6 Å². The van der Waals surface area contributed by atoms with Crippen LogP contribution < -0.4 is 27.0 Å². The maximum atomic E-state index is 13.4. The molecule has 0 aromatic rings. The number of carbonyl (C=O) groups excluding carboxylic acids is 5. The van der Waals surface area contributed by atoms with Crippen LogP contribution in [0.1, 0.15) is 87.0 Å². The average Bonchev–Trinajstić information content (AvgIpc) is 3.35. The van der Waals surface area contributed by atoms with Gasteiger partial charge in [-0.3, -0.25) is 19.2 Å². The van der Waals surface area contributed by atoms with Crippen LogP contribution in [0.2, 0.25) is 0 Å². The van der Waals surface area contributed by atoms with Crippen LogP contribution >= 0.6 is 11.8 Å². The molecule has 13 heteroatoms. The van der Waals surface area contributed by atoms with Crippen LogP contribution in [0, 0.1) is 11.8 Å². The smallest absolute Gasteiger partial charge is 0.385 e. The van der Waals surface area contributed by atoms with E-state index in [2.05, 4.69) is 40.1 Å². The number of aliphatic imine (C=N–C) groups is 1. The van der Waals surface area contributed by atoms with Crippen LogP contribution in [0.3, 0.4) is 0 Å². The van der Waals surface area contributed by atoms with Crippen LogP contribution in [0.25, 0.3) is 0 Å². The largest absolute Gasteiger partial charge is 0.411 e. The molecule has 5 unspecified atom stereocenters. The second kappa shape index (κ2) is 19.2. The van der Waals surface area contributed by atoms with Gasteiger partial charge in [-0.1, -0.05) is 57.5 Å². The fourth-order valence-corrected chi connectivity index (χ4v) is 4.96. The van der Waals surface area contributed by atoms with Gasteiger partial charge in [-0.2, -0.15) is 0 Å². The molecule has 5 atom stereocenters. The van der Waals surface area contributed by atoms with E-state index in [1.54, 1.807) is 0 Å². The number of nitrogens with one attached hydrogen (secondary N) is 4. The number of carbonyl (C=O) groups is 5. The average molecular weight is 611 g/mol. The van der Waals surface area contributed by atoms with Gasteiger partial charge in [0, 0.05) is 18.2 Å². The summed E-state index contributed by atoms with van der Waals surface area (Å²) < 4.78 is 4.73. The van der Waals surface area contributed by atoms with E-state index in [9.17, 15) is 24.0 Å². The van der Waals surface area contributed by atoms with E-state index in [1.807, 2.05) is 40.7 Å². The first-order valence-corrected chi connectivity index (χ1v) is 15.7. The summed E-state index contributed by atoms with van der Waals surface area (Å²) in [4.78, 5) is 66.7. The lowest BCUT2D eigenvalue weighted by Crippen LogP contribution is -2.55. The Morgan fingerprint density at radius 1 is 1.02 bits per heavy atom. The first kappa shape index (κ1) is 36.9. The summed E-state index contributed by atoms with van der Waals surface area (Å²) in [6, 6.07) is -2.12. The predicted octanol–water partition coefficient (Wildman–Crippen LogP) is 2.76. The highest BCUT2D eigenvalue weighted by molar-refractivity contribution is 8.13. The van der Waals surface area contributed by atoms with Crippen LogP contribution in [0.4, 0.5) is 4.79 Å². The highest BCUT2D eigenvalue weighted by atomic mass is 32.2. The summed E-state index contributed by atoms with van der Waals surface area (Å²) in [6.45, 7) is 13.6. The topological polar surface area (TPSA) is 181 Å². The van der Waals surface area contributed by atoms with E-state index in [-0.39, 0.29) is 36.1 Å². The van der Waals surface area contributed by atoms with E-state index in [4.69, 9.17) is 10.5 Å². The predicted molar refractivity (Wildman–Crippen MR) is 166 cm³/mol. The number of allylic oxidation sites excluding steroid dienone is 1. The van der Waals surface area contributed by atoms with Crippen LogP contribution in [-0.4, -0.2) is 71.4 Å². The summed E-state index contributed by atoms with van der Waals surface area (Å²) in [5.74, 6) is -0.560. The molecule has 0 saturated heterocycles. The molecular weight excluding hydrogens is 560 g/mol. The van der Waals surface area contributed by atoms with E-state index in [0.29, 0.717) is 24.5 Å². The molecule has 12 nitrogen and oxygen atoms in total. The lowest BCUT2D eigenvalue weighted by atomic mass is 9.97. The molecule has 0 fully saturated rings. The minimum atomic E-state index is -0.973. The number of ether oxygens (including phenoxy) is 1. The molecule has 0 aliphatic carbocycles. The van der Waals surface area contributed by atoms with Crippen molar-refractivity contribution >= 4 is 46.7 Å². The Balaban J connectivity index is 2.81. The normalized spacial score (nSPS) is 17.9. The summed E-state index contributed by atoms with van der Waals surface area (Å²) in [7, 11) is 0. The summed E-state index contributed by atoms with van der Waals surface area (Å²) in [5.41, 5.74) is 5.93. The van der Waals surface area contributed by atoms with Gasteiger partial charge in [0.05, 0.1) is 12.6 Å². The van der Waals surface area contributed by atoms with E-state index in [0.717, 1.165) is 24.8 Å². The first-order valence-electron chi connectivity index (χ1n) is 14.7. The quantitative estimate of drug-likeness (QED) is 0.157. The van der Waals surface area contributed by atoms with Crippen molar-refractivity contribution in [1.29, 1.82) is 0 Å². The minimum absolute atomic E-state index is 0.000630. The molecule has 1 aliphatic rings. The molecule has 0 aromatic carbocycles. The lowest BCUT2D eigenvalue weighted by Gasteiger charge is -2.26. The van der Waals surface area contributed by atoms with Gasteiger partial charge in [-0.25, -0.2) is 9.79 Å². The second-order valence-electron chi connectivity index (χ2n) is 11.4. The zero-order valence-electron chi connectivity index (χ0n) is 26.1. The number of rotatable bonds is 17. The van der Waals surface area contributed by atoms with Gasteiger partial charge >= 0.3 is 6.09 Å². The number of nitrogens with zero attached hydrogens (tertiary/aromatic N) is 1. The van der Waals surface area contributed by atoms with Gasteiger partial charge < -0.3 is 31.7 Å². The highest BCUT2D eigenvalue weighted by Gasteiger charge is 2.29. The van der Waals surface area contributed by atoms with E-state index in [1.165, 1.54) is 11.8 Å². The fourth-order valence-electron chi connectivity index (χ4n) is 4.07. The fraction of sp³-hybridized carbons (Fsp3) is 0.724. The van der Waals surface area contributed by atoms with Gasteiger partial charge in [-0.05, 0) is 58.3 Å². The molecule has 0 spiro atoms. The summed E-state index contributed by atoms with van der Waals surface area (Å²) in [6.07, 6.45) is 4.25. The Morgan fingerprint density at radius 2 is 1.69 bits per heavy atom. The summed E-state index contributed by atoms with van der Waals surface area (Å²) in [5, 5.41) is 11.3. The number of hydrogen-bond donors (Lipinski definition) is 5. The zero-order chi connectivity index (χ0) is 31.8. The van der Waals surface area contributed by atoms with E-state index >= 15 is 0 Å². The van der Waals surface area contributed by atoms with Crippen molar-refractivity contribution < 1.29 is 28.7 Å². The van der Waals surface area contributed by atoms with Gasteiger partial charge in [0.25, 0.3) is 5.23 Å². The number of thioether (sulfide) groups is 1. The Kier molecular flexibility index (Phi) is 16.9. The van der Waals surface area contributed by atoms with Crippen LogP contribution in [0.15, 0.2) is 16.6 Å². The maximum absolute atomic E-state index is 13.4. The van der Waals surface area contributed by atoms with Crippen molar-refractivity contribution in [2.75, 3.05) is 12.3 Å².